The zero-order valence-corrected chi connectivity index (χ0v) is 9.79. The Morgan fingerprint density at radius 3 is 2.35 bits per heavy atom. The molecule has 17 heavy (non-hydrogen) atoms. The molecule has 0 bridgehead atoms. The van der Waals surface area contributed by atoms with Crippen molar-refractivity contribution >= 4 is 5.97 Å². The lowest BCUT2D eigenvalue weighted by Crippen LogP contribution is -2.35. The van der Waals surface area contributed by atoms with E-state index >= 15 is 0 Å². The Morgan fingerprint density at radius 1 is 1.41 bits per heavy atom. The van der Waals surface area contributed by atoms with Gasteiger partial charge in [0.05, 0.1) is 11.3 Å². The van der Waals surface area contributed by atoms with Crippen molar-refractivity contribution in [1.29, 1.82) is 0 Å². The Labute approximate surface area is 99.2 Å². The Hall–Kier alpha value is -1.91. The first kappa shape index (κ1) is 13.2. The third-order valence-electron chi connectivity index (χ3n) is 2.96. The van der Waals surface area contributed by atoms with Crippen LogP contribution in [0.5, 0.6) is 0 Å². The molecule has 1 aromatic carbocycles. The van der Waals surface area contributed by atoms with Gasteiger partial charge >= 0.3 is 5.97 Å². The fourth-order valence-electron chi connectivity index (χ4n) is 1.73. The van der Waals surface area contributed by atoms with Crippen LogP contribution in [0.3, 0.4) is 0 Å². The molecule has 5 heteroatoms. The zero-order valence-electron chi connectivity index (χ0n) is 9.79. The van der Waals surface area contributed by atoms with Crippen LogP contribution in [0.15, 0.2) is 30.3 Å². The van der Waals surface area contributed by atoms with Gasteiger partial charge in [0.25, 0.3) is 0 Å². The number of hydrogen-bond donors (Lipinski definition) is 1. The average molecular weight is 237 g/mol. The molecule has 0 heterocycles. The first-order valence-electron chi connectivity index (χ1n) is 5.26. The number of nitro groups is 1. The van der Waals surface area contributed by atoms with Crippen molar-refractivity contribution < 1.29 is 14.8 Å². The summed E-state index contributed by atoms with van der Waals surface area (Å²) < 4.78 is 0. The summed E-state index contributed by atoms with van der Waals surface area (Å²) in [6.45, 7) is 2.64. The number of benzene rings is 1. The second-order valence-corrected chi connectivity index (χ2v) is 4.51. The maximum absolute atomic E-state index is 11.2. The molecule has 0 unspecified atom stereocenters. The maximum Gasteiger partial charge on any atom is 0.309 e. The molecule has 0 aliphatic carbocycles. The standard InChI is InChI=1S/C12H15NO4/c1-12(2,11(14)15)10(8-13(16)17)9-6-4-3-5-7-9/h3-7,10H,8H2,1-2H3,(H,14,15)/t10-/m1/s1. The first-order valence-corrected chi connectivity index (χ1v) is 5.26. The molecule has 1 atom stereocenters. The van der Waals surface area contributed by atoms with Gasteiger partial charge in [-0.2, -0.15) is 0 Å². The van der Waals surface area contributed by atoms with Gasteiger partial charge in [-0.05, 0) is 19.4 Å². The van der Waals surface area contributed by atoms with Crippen molar-refractivity contribution in [2.75, 3.05) is 6.54 Å². The quantitative estimate of drug-likeness (QED) is 0.628. The molecule has 0 saturated carbocycles. The van der Waals surface area contributed by atoms with Crippen molar-refractivity contribution in [3.05, 3.63) is 46.0 Å². The van der Waals surface area contributed by atoms with Crippen molar-refractivity contribution in [3.8, 4) is 0 Å². The lowest BCUT2D eigenvalue weighted by Gasteiger charge is -2.27. The number of aliphatic carboxylic acids is 1. The third-order valence-corrected chi connectivity index (χ3v) is 2.96. The van der Waals surface area contributed by atoms with Gasteiger partial charge in [-0.15, -0.1) is 0 Å². The molecule has 0 aromatic heterocycles. The highest BCUT2D eigenvalue weighted by Crippen LogP contribution is 2.35. The highest BCUT2D eigenvalue weighted by atomic mass is 16.6. The minimum atomic E-state index is -1.17. The predicted octanol–water partition coefficient (Wildman–Crippen LogP) is 2.16. The van der Waals surface area contributed by atoms with E-state index in [0.717, 1.165) is 0 Å². The van der Waals surface area contributed by atoms with Crippen LogP contribution in [-0.4, -0.2) is 22.5 Å². The number of rotatable bonds is 5. The van der Waals surface area contributed by atoms with Crippen LogP contribution in [0.25, 0.3) is 0 Å². The molecule has 1 rings (SSSR count). The normalized spacial score (nSPS) is 13.1. The minimum absolute atomic E-state index is 0.386. The molecule has 5 nitrogen and oxygen atoms in total. The highest BCUT2D eigenvalue weighted by Gasteiger charge is 2.40. The van der Waals surface area contributed by atoms with Crippen LogP contribution in [0.1, 0.15) is 25.3 Å². The van der Waals surface area contributed by atoms with Gasteiger partial charge in [-0.1, -0.05) is 30.3 Å². The van der Waals surface area contributed by atoms with Crippen molar-refractivity contribution in [1.82, 2.24) is 0 Å². The van der Waals surface area contributed by atoms with Gasteiger partial charge in [-0.3, -0.25) is 14.9 Å². The van der Waals surface area contributed by atoms with Crippen LogP contribution in [-0.2, 0) is 4.79 Å². The van der Waals surface area contributed by atoms with E-state index < -0.39 is 22.2 Å². The summed E-state index contributed by atoms with van der Waals surface area (Å²) in [7, 11) is 0. The topological polar surface area (TPSA) is 80.4 Å². The van der Waals surface area contributed by atoms with E-state index in [1.807, 2.05) is 0 Å². The van der Waals surface area contributed by atoms with Crippen LogP contribution in [0.4, 0.5) is 0 Å². The Bertz CT molecular complexity index is 414. The number of carbonyl (C=O) groups is 1. The molecule has 0 aliphatic heterocycles. The molecule has 1 aromatic rings. The first-order chi connectivity index (χ1) is 7.85. The van der Waals surface area contributed by atoms with E-state index in [2.05, 4.69) is 0 Å². The molecule has 92 valence electrons. The monoisotopic (exact) mass is 237 g/mol. The average Bonchev–Trinajstić information content (AvgIpc) is 2.26. The molecule has 0 amide bonds. The summed E-state index contributed by atoms with van der Waals surface area (Å²) >= 11 is 0. The molecule has 1 N–H and O–H groups in total. The molecular formula is C12H15NO4. The fraction of sp³-hybridized carbons (Fsp3) is 0.417. The van der Waals surface area contributed by atoms with E-state index in [-0.39, 0.29) is 6.54 Å². The lowest BCUT2D eigenvalue weighted by atomic mass is 9.75. The number of nitrogens with zero attached hydrogens (tertiary/aromatic N) is 1. The number of carboxylic acid groups (broad SMARTS) is 1. The molecule has 0 saturated heterocycles. The van der Waals surface area contributed by atoms with E-state index in [4.69, 9.17) is 5.11 Å². The summed E-state index contributed by atoms with van der Waals surface area (Å²) in [6, 6.07) is 8.73. The lowest BCUT2D eigenvalue weighted by molar-refractivity contribution is -0.485. The van der Waals surface area contributed by atoms with Gasteiger partial charge in [0.2, 0.25) is 6.54 Å². The fourth-order valence-corrected chi connectivity index (χ4v) is 1.73. The predicted molar refractivity (Wildman–Crippen MR) is 62.5 cm³/mol. The summed E-state index contributed by atoms with van der Waals surface area (Å²) in [5, 5.41) is 19.8. The molecule has 0 aliphatic rings. The van der Waals surface area contributed by atoms with Crippen LogP contribution in [0, 0.1) is 15.5 Å². The smallest absolute Gasteiger partial charge is 0.309 e. The SMILES string of the molecule is CC(C)(C(=O)O)[C@H](C[N+](=O)[O-])c1ccccc1. The summed E-state index contributed by atoms with van der Waals surface area (Å²) in [4.78, 5) is 21.4. The summed E-state index contributed by atoms with van der Waals surface area (Å²) in [5.74, 6) is -1.68. The van der Waals surface area contributed by atoms with Crippen LogP contribution >= 0.6 is 0 Å². The third kappa shape index (κ3) is 3.03. The van der Waals surface area contributed by atoms with E-state index in [0.29, 0.717) is 5.56 Å². The molecule has 0 fully saturated rings. The largest absolute Gasteiger partial charge is 0.481 e. The maximum atomic E-state index is 11.2. The van der Waals surface area contributed by atoms with Gasteiger partial charge in [0, 0.05) is 4.92 Å². The Kier molecular flexibility index (Phi) is 3.83. The van der Waals surface area contributed by atoms with Crippen molar-refractivity contribution in [2.45, 2.75) is 19.8 Å². The van der Waals surface area contributed by atoms with Gasteiger partial charge in [0.15, 0.2) is 0 Å². The molecular weight excluding hydrogens is 222 g/mol. The van der Waals surface area contributed by atoms with Crippen LogP contribution in [0.2, 0.25) is 0 Å². The van der Waals surface area contributed by atoms with Crippen LogP contribution < -0.4 is 0 Å². The second-order valence-electron chi connectivity index (χ2n) is 4.51. The molecule has 0 radical (unpaired) electrons. The minimum Gasteiger partial charge on any atom is -0.481 e. The number of carboxylic acids is 1. The van der Waals surface area contributed by atoms with Gasteiger partial charge < -0.3 is 5.11 Å². The van der Waals surface area contributed by atoms with E-state index in [1.54, 1.807) is 30.3 Å². The number of hydrogen-bond acceptors (Lipinski definition) is 3. The zero-order chi connectivity index (χ0) is 13.1. The Morgan fingerprint density at radius 2 is 1.94 bits per heavy atom. The summed E-state index contributed by atoms with van der Waals surface area (Å²) in [6.07, 6.45) is 0. The van der Waals surface area contributed by atoms with Crippen molar-refractivity contribution in [2.24, 2.45) is 5.41 Å². The summed E-state index contributed by atoms with van der Waals surface area (Å²) in [5.41, 5.74) is -0.495. The van der Waals surface area contributed by atoms with Crippen molar-refractivity contribution in [3.63, 3.8) is 0 Å². The van der Waals surface area contributed by atoms with Gasteiger partial charge in [0.1, 0.15) is 0 Å². The molecule has 0 spiro atoms. The second kappa shape index (κ2) is 4.95. The van der Waals surface area contributed by atoms with E-state index in [1.165, 1.54) is 13.8 Å². The van der Waals surface area contributed by atoms with E-state index in [9.17, 15) is 14.9 Å². The Balaban J connectivity index is 3.13. The van der Waals surface area contributed by atoms with Gasteiger partial charge in [-0.25, -0.2) is 0 Å². The highest BCUT2D eigenvalue weighted by molar-refractivity contribution is 5.75.